The van der Waals surface area contributed by atoms with E-state index in [0.29, 0.717) is 0 Å². The molecular weight excluding hydrogens is 162 g/mol. The first-order valence-corrected chi connectivity index (χ1v) is 4.23. The van der Waals surface area contributed by atoms with E-state index < -0.39 is 0 Å². The fourth-order valence-corrected chi connectivity index (χ4v) is 1.39. The van der Waals surface area contributed by atoms with Crippen molar-refractivity contribution < 1.29 is 0 Å². The molecular formula is C10H11N3. The molecule has 0 aliphatic heterocycles. The Balaban J connectivity index is 2.94. The van der Waals surface area contributed by atoms with Crippen molar-refractivity contribution in [2.75, 3.05) is 0 Å². The number of nitrogens with zero attached hydrogens (tertiary/aromatic N) is 3. The van der Waals surface area contributed by atoms with Gasteiger partial charge in [0.25, 0.3) is 0 Å². The second-order valence-electron chi connectivity index (χ2n) is 3.21. The van der Waals surface area contributed by atoms with Gasteiger partial charge in [0.05, 0.1) is 0 Å². The van der Waals surface area contributed by atoms with Gasteiger partial charge >= 0.3 is 0 Å². The molecule has 66 valence electrons. The summed E-state index contributed by atoms with van der Waals surface area (Å²) < 4.78 is 0. The number of aromatic nitrogens is 3. The minimum Gasteiger partial charge on any atom is -0.244 e. The van der Waals surface area contributed by atoms with Crippen LogP contribution in [0, 0.1) is 20.8 Å². The van der Waals surface area contributed by atoms with Crippen molar-refractivity contribution in [3.05, 3.63) is 29.3 Å². The maximum atomic E-state index is 4.38. The molecule has 2 rings (SSSR count). The Morgan fingerprint density at radius 1 is 1.08 bits per heavy atom. The van der Waals surface area contributed by atoms with Gasteiger partial charge in [0, 0.05) is 17.3 Å². The molecule has 0 aliphatic carbocycles. The molecule has 2 aromatic rings. The Kier molecular flexibility index (Phi) is 1.72. The van der Waals surface area contributed by atoms with Gasteiger partial charge in [0.1, 0.15) is 6.33 Å². The summed E-state index contributed by atoms with van der Waals surface area (Å²) in [4.78, 5) is 12.5. The highest BCUT2D eigenvalue weighted by Gasteiger charge is 2.05. The van der Waals surface area contributed by atoms with Crippen molar-refractivity contribution in [3.8, 4) is 0 Å². The Morgan fingerprint density at radius 3 is 2.62 bits per heavy atom. The van der Waals surface area contributed by atoms with Gasteiger partial charge in [-0.3, -0.25) is 0 Å². The van der Waals surface area contributed by atoms with Crippen LogP contribution in [0.25, 0.3) is 11.0 Å². The molecule has 0 spiro atoms. The standard InChI is InChI=1S/C10H11N3/c1-6-7(2)9-4-11-5-12-10(9)13-8(6)3/h4-5H,1-3H3. The van der Waals surface area contributed by atoms with E-state index in [1.165, 1.54) is 17.5 Å². The average molecular weight is 173 g/mol. The number of aryl methyl sites for hydroxylation is 2. The largest absolute Gasteiger partial charge is 0.244 e. The van der Waals surface area contributed by atoms with Gasteiger partial charge in [-0.05, 0) is 31.9 Å². The molecule has 0 unspecified atom stereocenters. The number of hydrogen-bond acceptors (Lipinski definition) is 3. The van der Waals surface area contributed by atoms with E-state index in [4.69, 9.17) is 0 Å². The zero-order chi connectivity index (χ0) is 9.42. The second kappa shape index (κ2) is 2.76. The second-order valence-corrected chi connectivity index (χ2v) is 3.21. The molecule has 0 atom stereocenters. The monoisotopic (exact) mass is 173 g/mol. The molecule has 0 saturated heterocycles. The lowest BCUT2D eigenvalue weighted by Crippen LogP contribution is -1.95. The molecule has 0 aliphatic rings. The van der Waals surface area contributed by atoms with Gasteiger partial charge in [-0.25, -0.2) is 15.0 Å². The molecule has 2 aromatic heterocycles. The van der Waals surface area contributed by atoms with Crippen LogP contribution in [-0.4, -0.2) is 15.0 Å². The molecule has 0 saturated carbocycles. The summed E-state index contributed by atoms with van der Waals surface area (Å²) in [5.41, 5.74) is 4.28. The van der Waals surface area contributed by atoms with Crippen LogP contribution in [0.2, 0.25) is 0 Å². The van der Waals surface area contributed by atoms with Crippen LogP contribution >= 0.6 is 0 Å². The summed E-state index contributed by atoms with van der Waals surface area (Å²) in [5.74, 6) is 0. The summed E-state index contributed by atoms with van der Waals surface area (Å²) in [6.45, 7) is 6.16. The number of hydrogen-bond donors (Lipinski definition) is 0. The number of pyridine rings is 1. The van der Waals surface area contributed by atoms with Crippen LogP contribution in [0.3, 0.4) is 0 Å². The third-order valence-electron chi connectivity index (χ3n) is 2.47. The summed E-state index contributed by atoms with van der Waals surface area (Å²) in [5, 5.41) is 1.05. The van der Waals surface area contributed by atoms with E-state index in [1.807, 2.05) is 13.1 Å². The average Bonchev–Trinajstić information content (AvgIpc) is 2.15. The van der Waals surface area contributed by atoms with E-state index in [2.05, 4.69) is 28.8 Å². The van der Waals surface area contributed by atoms with Gasteiger partial charge in [-0.2, -0.15) is 0 Å². The molecule has 0 bridgehead atoms. The van der Waals surface area contributed by atoms with Crippen molar-refractivity contribution in [2.45, 2.75) is 20.8 Å². The smallest absolute Gasteiger partial charge is 0.162 e. The molecule has 0 aromatic carbocycles. The number of rotatable bonds is 0. The summed E-state index contributed by atoms with van der Waals surface area (Å²) in [6, 6.07) is 0. The first-order chi connectivity index (χ1) is 6.20. The van der Waals surface area contributed by atoms with Crippen molar-refractivity contribution in [1.82, 2.24) is 15.0 Å². The molecule has 13 heavy (non-hydrogen) atoms. The van der Waals surface area contributed by atoms with Crippen LogP contribution in [0.1, 0.15) is 16.8 Å². The van der Waals surface area contributed by atoms with Gasteiger partial charge in [-0.15, -0.1) is 0 Å². The van der Waals surface area contributed by atoms with Gasteiger partial charge in [0.2, 0.25) is 0 Å². The summed E-state index contributed by atoms with van der Waals surface area (Å²) in [7, 11) is 0. The van der Waals surface area contributed by atoms with Crippen LogP contribution < -0.4 is 0 Å². The van der Waals surface area contributed by atoms with Crippen LogP contribution in [0.4, 0.5) is 0 Å². The third kappa shape index (κ3) is 1.16. The topological polar surface area (TPSA) is 38.7 Å². The highest BCUT2D eigenvalue weighted by molar-refractivity contribution is 5.78. The summed E-state index contributed by atoms with van der Waals surface area (Å²) >= 11 is 0. The van der Waals surface area contributed by atoms with Gasteiger partial charge in [0.15, 0.2) is 5.65 Å². The lowest BCUT2D eigenvalue weighted by Gasteiger charge is -2.06. The van der Waals surface area contributed by atoms with Gasteiger partial charge in [-0.1, -0.05) is 0 Å². The van der Waals surface area contributed by atoms with E-state index in [0.717, 1.165) is 16.7 Å². The fraction of sp³-hybridized carbons (Fsp3) is 0.300. The third-order valence-corrected chi connectivity index (χ3v) is 2.47. The van der Waals surface area contributed by atoms with Crippen LogP contribution in [0.5, 0.6) is 0 Å². The predicted octanol–water partition coefficient (Wildman–Crippen LogP) is 1.95. The first kappa shape index (κ1) is 8.10. The highest BCUT2D eigenvalue weighted by atomic mass is 14.9. The maximum Gasteiger partial charge on any atom is 0.162 e. The zero-order valence-electron chi connectivity index (χ0n) is 8.00. The van der Waals surface area contributed by atoms with E-state index in [-0.39, 0.29) is 0 Å². The maximum absolute atomic E-state index is 4.38. The van der Waals surface area contributed by atoms with Crippen molar-refractivity contribution in [2.24, 2.45) is 0 Å². The van der Waals surface area contributed by atoms with E-state index in [1.54, 1.807) is 0 Å². The molecule has 0 radical (unpaired) electrons. The van der Waals surface area contributed by atoms with Crippen molar-refractivity contribution in [1.29, 1.82) is 0 Å². The van der Waals surface area contributed by atoms with E-state index >= 15 is 0 Å². The molecule has 0 fully saturated rings. The minimum atomic E-state index is 0.788. The molecule has 0 amide bonds. The minimum absolute atomic E-state index is 0.788. The van der Waals surface area contributed by atoms with Crippen LogP contribution in [-0.2, 0) is 0 Å². The molecule has 3 nitrogen and oxygen atoms in total. The Bertz CT molecular complexity index is 463. The highest BCUT2D eigenvalue weighted by Crippen LogP contribution is 2.18. The van der Waals surface area contributed by atoms with Crippen molar-refractivity contribution >= 4 is 11.0 Å². The number of fused-ring (bicyclic) bond motifs is 1. The Morgan fingerprint density at radius 2 is 1.85 bits per heavy atom. The fourth-order valence-electron chi connectivity index (χ4n) is 1.39. The first-order valence-electron chi connectivity index (χ1n) is 4.23. The quantitative estimate of drug-likeness (QED) is 0.611. The molecule has 2 heterocycles. The predicted molar refractivity (Wildman–Crippen MR) is 51.5 cm³/mol. The molecule has 0 N–H and O–H groups in total. The Labute approximate surface area is 76.9 Å². The normalized spacial score (nSPS) is 10.7. The SMILES string of the molecule is Cc1nc2ncncc2c(C)c1C. The van der Waals surface area contributed by atoms with Gasteiger partial charge < -0.3 is 0 Å². The molecule has 3 heteroatoms. The van der Waals surface area contributed by atoms with E-state index in [9.17, 15) is 0 Å². The van der Waals surface area contributed by atoms with Crippen LogP contribution in [0.15, 0.2) is 12.5 Å². The van der Waals surface area contributed by atoms with Crippen molar-refractivity contribution in [3.63, 3.8) is 0 Å². The Hall–Kier alpha value is -1.51. The zero-order valence-corrected chi connectivity index (χ0v) is 8.00. The lowest BCUT2D eigenvalue weighted by atomic mass is 10.1. The lowest BCUT2D eigenvalue weighted by molar-refractivity contribution is 1.11. The summed E-state index contributed by atoms with van der Waals surface area (Å²) in [6.07, 6.45) is 3.35.